The van der Waals surface area contributed by atoms with Crippen LogP contribution in [-0.2, 0) is 16.6 Å². The molecule has 1 N–H and O–H groups in total. The van der Waals surface area contributed by atoms with Gasteiger partial charge in [-0.05, 0) is 43.7 Å². The molecule has 6 heteroatoms. The van der Waals surface area contributed by atoms with Gasteiger partial charge in [0.2, 0.25) is 10.0 Å². The molecule has 0 saturated heterocycles. The lowest BCUT2D eigenvalue weighted by molar-refractivity contribution is 0.300. The highest BCUT2D eigenvalue weighted by Crippen LogP contribution is 2.31. The number of nitrogens with zero attached hydrogens (tertiary/aromatic N) is 1. The fourth-order valence-corrected chi connectivity index (χ4v) is 6.12. The van der Waals surface area contributed by atoms with E-state index in [0.717, 1.165) is 23.3 Å². The van der Waals surface area contributed by atoms with E-state index in [4.69, 9.17) is 0 Å². The Morgan fingerprint density at radius 1 is 1.33 bits per heavy atom. The molecule has 0 amide bonds. The standard InChI is InChI=1S/C15H26N2O2S2/c1-12-11-20-14(9-16-2)15(12)21(18,19)17(3)10-13-7-5-4-6-8-13/h11,13,16H,4-10H2,1-3H3. The Hall–Kier alpha value is -0.430. The van der Waals surface area contributed by atoms with E-state index in [9.17, 15) is 8.42 Å². The Bertz CT molecular complexity index is 560. The molecule has 1 aliphatic rings. The number of sulfonamides is 1. The number of hydrogen-bond donors (Lipinski definition) is 1. The molecule has 1 fully saturated rings. The predicted octanol–water partition coefficient (Wildman–Crippen LogP) is 2.98. The first-order valence-corrected chi connectivity index (χ1v) is 9.96. The van der Waals surface area contributed by atoms with Crippen molar-refractivity contribution in [2.75, 3.05) is 20.6 Å². The normalized spacial score (nSPS) is 17.5. The summed E-state index contributed by atoms with van der Waals surface area (Å²) in [6.07, 6.45) is 6.09. The minimum atomic E-state index is -3.37. The van der Waals surface area contributed by atoms with Gasteiger partial charge in [0.05, 0.1) is 0 Å². The van der Waals surface area contributed by atoms with E-state index < -0.39 is 10.0 Å². The van der Waals surface area contributed by atoms with Crippen LogP contribution in [0.3, 0.4) is 0 Å². The molecule has 120 valence electrons. The van der Waals surface area contributed by atoms with Gasteiger partial charge < -0.3 is 5.32 Å². The second kappa shape index (κ2) is 7.22. The Morgan fingerprint density at radius 2 is 2.00 bits per heavy atom. The first-order chi connectivity index (χ1) is 9.96. The fraction of sp³-hybridized carbons (Fsp3) is 0.733. The van der Waals surface area contributed by atoms with Crippen molar-refractivity contribution in [1.82, 2.24) is 9.62 Å². The molecule has 1 heterocycles. The molecule has 1 saturated carbocycles. The third-order valence-corrected chi connectivity index (χ3v) is 7.52. The molecule has 0 spiro atoms. The maximum atomic E-state index is 12.9. The van der Waals surface area contributed by atoms with Crippen LogP contribution in [0.5, 0.6) is 0 Å². The Morgan fingerprint density at radius 3 is 2.62 bits per heavy atom. The number of hydrogen-bond acceptors (Lipinski definition) is 4. The molecule has 0 aliphatic heterocycles. The predicted molar refractivity (Wildman–Crippen MR) is 88.2 cm³/mol. The zero-order chi connectivity index (χ0) is 15.5. The quantitative estimate of drug-likeness (QED) is 0.872. The summed E-state index contributed by atoms with van der Waals surface area (Å²) in [5.74, 6) is 0.519. The van der Waals surface area contributed by atoms with Crippen LogP contribution < -0.4 is 5.32 Å². The number of thiophene rings is 1. The molecule has 1 aliphatic carbocycles. The SMILES string of the molecule is CNCc1scc(C)c1S(=O)(=O)N(C)CC1CCCCC1. The minimum Gasteiger partial charge on any atom is -0.315 e. The summed E-state index contributed by atoms with van der Waals surface area (Å²) in [6, 6.07) is 0. The number of aryl methyl sites for hydroxylation is 1. The Balaban J connectivity index is 2.18. The van der Waals surface area contributed by atoms with E-state index in [-0.39, 0.29) is 0 Å². The van der Waals surface area contributed by atoms with Crippen molar-refractivity contribution >= 4 is 21.4 Å². The lowest BCUT2D eigenvalue weighted by Gasteiger charge is -2.27. The minimum absolute atomic E-state index is 0.514. The van der Waals surface area contributed by atoms with E-state index in [1.54, 1.807) is 11.4 Å². The molecule has 4 nitrogen and oxygen atoms in total. The van der Waals surface area contributed by atoms with Crippen LogP contribution in [0.15, 0.2) is 10.3 Å². The third-order valence-electron chi connectivity index (χ3n) is 4.24. The Kier molecular flexibility index (Phi) is 5.82. The first kappa shape index (κ1) is 16.9. The first-order valence-electron chi connectivity index (χ1n) is 7.64. The highest BCUT2D eigenvalue weighted by molar-refractivity contribution is 7.89. The highest BCUT2D eigenvalue weighted by atomic mass is 32.2. The van der Waals surface area contributed by atoms with Crippen LogP contribution in [0.2, 0.25) is 0 Å². The van der Waals surface area contributed by atoms with Crippen LogP contribution in [0.4, 0.5) is 0 Å². The van der Waals surface area contributed by atoms with Gasteiger partial charge in [-0.1, -0.05) is 19.3 Å². The molecule has 0 unspecified atom stereocenters. The van der Waals surface area contributed by atoms with Gasteiger partial charge in [-0.25, -0.2) is 12.7 Å². The van der Waals surface area contributed by atoms with Crippen molar-refractivity contribution in [2.24, 2.45) is 5.92 Å². The van der Waals surface area contributed by atoms with E-state index in [1.807, 2.05) is 19.4 Å². The largest absolute Gasteiger partial charge is 0.315 e. The van der Waals surface area contributed by atoms with Gasteiger partial charge in [-0.15, -0.1) is 11.3 Å². The highest BCUT2D eigenvalue weighted by Gasteiger charge is 2.29. The molecule has 0 atom stereocenters. The van der Waals surface area contributed by atoms with E-state index in [0.29, 0.717) is 23.9 Å². The van der Waals surface area contributed by atoms with Gasteiger partial charge in [0.15, 0.2) is 0 Å². The van der Waals surface area contributed by atoms with Gasteiger partial charge in [-0.3, -0.25) is 0 Å². The molecule has 2 rings (SSSR count). The van der Waals surface area contributed by atoms with Crippen molar-refractivity contribution in [3.8, 4) is 0 Å². The average molecular weight is 331 g/mol. The van der Waals surface area contributed by atoms with Crippen LogP contribution in [0, 0.1) is 12.8 Å². The van der Waals surface area contributed by atoms with Crippen molar-refractivity contribution in [3.05, 3.63) is 15.8 Å². The Labute approximate surface area is 132 Å². The van der Waals surface area contributed by atoms with Crippen molar-refractivity contribution < 1.29 is 8.42 Å². The van der Waals surface area contributed by atoms with Crippen molar-refractivity contribution in [2.45, 2.75) is 50.5 Å². The molecule has 0 bridgehead atoms. The zero-order valence-corrected chi connectivity index (χ0v) is 14.8. The summed E-state index contributed by atoms with van der Waals surface area (Å²) in [7, 11) is 0.196. The van der Waals surface area contributed by atoms with E-state index in [2.05, 4.69) is 5.32 Å². The van der Waals surface area contributed by atoms with Crippen molar-refractivity contribution in [3.63, 3.8) is 0 Å². The monoisotopic (exact) mass is 330 g/mol. The topological polar surface area (TPSA) is 49.4 Å². The molecule has 1 aromatic heterocycles. The molecular formula is C15H26N2O2S2. The second-order valence-corrected chi connectivity index (χ2v) is 8.94. The number of rotatable bonds is 6. The van der Waals surface area contributed by atoms with Crippen LogP contribution in [0.25, 0.3) is 0 Å². The van der Waals surface area contributed by atoms with Gasteiger partial charge in [0.1, 0.15) is 4.90 Å². The van der Waals surface area contributed by atoms with Crippen molar-refractivity contribution in [1.29, 1.82) is 0 Å². The van der Waals surface area contributed by atoms with Gasteiger partial charge in [-0.2, -0.15) is 0 Å². The summed E-state index contributed by atoms with van der Waals surface area (Å²) in [5.41, 5.74) is 0.862. The maximum absolute atomic E-state index is 12.9. The smallest absolute Gasteiger partial charge is 0.244 e. The number of nitrogens with one attached hydrogen (secondary N) is 1. The third kappa shape index (κ3) is 3.86. The summed E-state index contributed by atoms with van der Waals surface area (Å²) in [4.78, 5) is 1.42. The van der Waals surface area contributed by atoms with Gasteiger partial charge in [0.25, 0.3) is 0 Å². The summed E-state index contributed by atoms with van der Waals surface area (Å²) >= 11 is 1.52. The molecule has 21 heavy (non-hydrogen) atoms. The fourth-order valence-electron chi connectivity index (χ4n) is 3.10. The summed E-state index contributed by atoms with van der Waals surface area (Å²) < 4.78 is 27.3. The van der Waals surface area contributed by atoms with Gasteiger partial charge >= 0.3 is 0 Å². The second-order valence-electron chi connectivity index (χ2n) is 5.99. The average Bonchev–Trinajstić information content (AvgIpc) is 2.82. The zero-order valence-electron chi connectivity index (χ0n) is 13.2. The van der Waals surface area contributed by atoms with E-state index >= 15 is 0 Å². The van der Waals surface area contributed by atoms with Gasteiger partial charge in [0, 0.05) is 25.0 Å². The van der Waals surface area contributed by atoms with Crippen LogP contribution in [-0.4, -0.2) is 33.4 Å². The molecule has 0 radical (unpaired) electrons. The van der Waals surface area contributed by atoms with Crippen LogP contribution in [0.1, 0.15) is 42.5 Å². The molecule has 0 aromatic carbocycles. The summed E-state index contributed by atoms with van der Waals surface area (Å²) in [6.45, 7) is 3.14. The van der Waals surface area contributed by atoms with E-state index in [1.165, 1.54) is 30.6 Å². The summed E-state index contributed by atoms with van der Waals surface area (Å²) in [5, 5.41) is 5.00. The lowest BCUT2D eigenvalue weighted by atomic mass is 9.89. The molecular weight excluding hydrogens is 304 g/mol. The molecule has 1 aromatic rings. The lowest BCUT2D eigenvalue weighted by Crippen LogP contribution is -2.33. The maximum Gasteiger partial charge on any atom is 0.244 e. The van der Waals surface area contributed by atoms with Crippen LogP contribution >= 0.6 is 11.3 Å².